The Hall–Kier alpha value is -1.03. The van der Waals surface area contributed by atoms with Crippen LogP contribution in [0.2, 0.25) is 0 Å². The molecule has 0 spiro atoms. The summed E-state index contributed by atoms with van der Waals surface area (Å²) in [5.41, 5.74) is 0.168. The van der Waals surface area contributed by atoms with Crippen molar-refractivity contribution in [3.8, 4) is 5.75 Å². The molecule has 0 bridgehead atoms. The third-order valence-electron chi connectivity index (χ3n) is 2.45. The zero-order valence-corrected chi connectivity index (χ0v) is 11.7. The largest absolute Gasteiger partial charge is 0.490 e. The molecule has 98 valence electrons. The second kappa shape index (κ2) is 6.05. The summed E-state index contributed by atoms with van der Waals surface area (Å²) in [5.74, 6) is 1.34. The predicted octanol–water partition coefficient (Wildman–Crippen LogP) is 2.31. The fraction of sp³-hybridized carbons (Fsp3) is 0.769. The van der Waals surface area contributed by atoms with Crippen LogP contribution in [0.4, 0.5) is 0 Å². The van der Waals surface area contributed by atoms with Crippen LogP contribution in [0.1, 0.15) is 34.6 Å². The van der Waals surface area contributed by atoms with Gasteiger partial charge in [-0.1, -0.05) is 6.92 Å². The van der Waals surface area contributed by atoms with E-state index in [1.54, 1.807) is 6.20 Å². The van der Waals surface area contributed by atoms with Gasteiger partial charge < -0.3 is 10.1 Å². The van der Waals surface area contributed by atoms with Crippen LogP contribution < -0.4 is 10.1 Å². The average Bonchev–Trinajstić information content (AvgIpc) is 2.70. The zero-order valence-electron chi connectivity index (χ0n) is 11.7. The monoisotopic (exact) mass is 239 g/mol. The first kappa shape index (κ1) is 14.0. The molecule has 0 saturated heterocycles. The minimum atomic E-state index is 0.168. The molecule has 0 aliphatic heterocycles. The second-order valence-corrected chi connectivity index (χ2v) is 5.58. The van der Waals surface area contributed by atoms with Gasteiger partial charge in [0.15, 0.2) is 5.75 Å². The molecule has 1 N–H and O–H groups in total. The maximum absolute atomic E-state index is 5.69. The molecule has 1 aromatic rings. The lowest BCUT2D eigenvalue weighted by molar-refractivity contribution is 0.244. The van der Waals surface area contributed by atoms with Crippen LogP contribution in [0.15, 0.2) is 12.4 Å². The molecule has 0 aliphatic carbocycles. The topological polar surface area (TPSA) is 39.1 Å². The molecule has 1 atom stereocenters. The molecule has 17 heavy (non-hydrogen) atoms. The number of aryl methyl sites for hydroxylation is 1. The highest BCUT2D eigenvalue weighted by atomic mass is 16.5. The quantitative estimate of drug-likeness (QED) is 0.828. The Morgan fingerprint density at radius 1 is 1.47 bits per heavy atom. The van der Waals surface area contributed by atoms with E-state index < -0.39 is 0 Å². The minimum Gasteiger partial charge on any atom is -0.490 e. The van der Waals surface area contributed by atoms with Crippen LogP contribution in [-0.2, 0) is 6.54 Å². The number of hydrogen-bond donors (Lipinski definition) is 1. The maximum Gasteiger partial charge on any atom is 0.157 e. The predicted molar refractivity (Wildman–Crippen MR) is 70.3 cm³/mol. The highest BCUT2D eigenvalue weighted by Crippen LogP contribution is 2.10. The van der Waals surface area contributed by atoms with E-state index in [0.717, 1.165) is 25.4 Å². The van der Waals surface area contributed by atoms with E-state index in [1.807, 2.05) is 10.9 Å². The van der Waals surface area contributed by atoms with Crippen LogP contribution in [0, 0.1) is 5.92 Å². The summed E-state index contributed by atoms with van der Waals surface area (Å²) >= 11 is 0. The van der Waals surface area contributed by atoms with E-state index in [9.17, 15) is 0 Å². The normalized spacial score (nSPS) is 13.7. The van der Waals surface area contributed by atoms with Gasteiger partial charge in [0.25, 0.3) is 0 Å². The van der Waals surface area contributed by atoms with E-state index in [2.05, 4.69) is 45.0 Å². The molecule has 1 heterocycles. The van der Waals surface area contributed by atoms with Gasteiger partial charge in [-0.15, -0.1) is 0 Å². The molecule has 0 aromatic carbocycles. The first-order chi connectivity index (χ1) is 7.90. The Kier molecular flexibility index (Phi) is 5.00. The number of aromatic nitrogens is 2. The Bertz CT molecular complexity index is 328. The lowest BCUT2D eigenvalue weighted by Gasteiger charge is -2.23. The van der Waals surface area contributed by atoms with Crippen molar-refractivity contribution in [3.63, 3.8) is 0 Å². The number of nitrogens with one attached hydrogen (secondary N) is 1. The Balaban J connectivity index is 2.25. The summed E-state index contributed by atoms with van der Waals surface area (Å²) in [6, 6.07) is 0. The van der Waals surface area contributed by atoms with Crippen molar-refractivity contribution in [2.75, 3.05) is 13.2 Å². The molecule has 0 saturated carbocycles. The number of hydrogen-bond acceptors (Lipinski definition) is 3. The summed E-state index contributed by atoms with van der Waals surface area (Å²) in [6.07, 6.45) is 3.71. The number of nitrogens with zero attached hydrogens (tertiary/aromatic N) is 2. The van der Waals surface area contributed by atoms with Crippen LogP contribution in [0.3, 0.4) is 0 Å². The van der Waals surface area contributed by atoms with Gasteiger partial charge in [0, 0.05) is 24.5 Å². The molecule has 0 radical (unpaired) electrons. The highest BCUT2D eigenvalue weighted by Gasteiger charge is 2.11. The van der Waals surface area contributed by atoms with Crippen LogP contribution in [-0.4, -0.2) is 28.5 Å². The number of ether oxygens (including phenoxy) is 1. The molecule has 4 nitrogen and oxygen atoms in total. The first-order valence-corrected chi connectivity index (χ1v) is 6.31. The fourth-order valence-electron chi connectivity index (χ4n) is 1.37. The van der Waals surface area contributed by atoms with Crippen molar-refractivity contribution in [2.45, 2.75) is 46.7 Å². The summed E-state index contributed by atoms with van der Waals surface area (Å²) in [5, 5.41) is 7.65. The van der Waals surface area contributed by atoms with E-state index in [4.69, 9.17) is 4.74 Å². The van der Waals surface area contributed by atoms with E-state index in [0.29, 0.717) is 5.92 Å². The van der Waals surface area contributed by atoms with Gasteiger partial charge in [-0.3, -0.25) is 4.68 Å². The van der Waals surface area contributed by atoms with E-state index >= 15 is 0 Å². The molecule has 0 amide bonds. The SMILES string of the molecule is CCn1cc(OCC(C)CNC(C)(C)C)cn1. The number of rotatable bonds is 6. The summed E-state index contributed by atoms with van der Waals surface area (Å²) in [6.45, 7) is 13.3. The fourth-order valence-corrected chi connectivity index (χ4v) is 1.37. The van der Waals surface area contributed by atoms with Crippen molar-refractivity contribution in [1.82, 2.24) is 15.1 Å². The summed E-state index contributed by atoms with van der Waals surface area (Å²) in [7, 11) is 0. The van der Waals surface area contributed by atoms with Crippen molar-refractivity contribution in [1.29, 1.82) is 0 Å². The molecule has 1 aromatic heterocycles. The van der Waals surface area contributed by atoms with Gasteiger partial charge >= 0.3 is 0 Å². The van der Waals surface area contributed by atoms with Crippen molar-refractivity contribution >= 4 is 0 Å². The second-order valence-electron chi connectivity index (χ2n) is 5.58. The zero-order chi connectivity index (χ0) is 12.9. The van der Waals surface area contributed by atoms with Gasteiger partial charge in [0.1, 0.15) is 0 Å². The molecule has 0 fully saturated rings. The van der Waals surface area contributed by atoms with E-state index in [1.165, 1.54) is 0 Å². The smallest absolute Gasteiger partial charge is 0.157 e. The first-order valence-electron chi connectivity index (χ1n) is 6.31. The molecular formula is C13H25N3O. The third kappa shape index (κ3) is 5.73. The molecule has 1 rings (SSSR count). The van der Waals surface area contributed by atoms with Crippen LogP contribution in [0.5, 0.6) is 5.75 Å². The molecular weight excluding hydrogens is 214 g/mol. The minimum absolute atomic E-state index is 0.168. The Labute approximate surface area is 104 Å². The van der Waals surface area contributed by atoms with Gasteiger partial charge in [0.05, 0.1) is 19.0 Å². The van der Waals surface area contributed by atoms with Gasteiger partial charge in [-0.25, -0.2) is 0 Å². The van der Waals surface area contributed by atoms with Crippen molar-refractivity contribution in [3.05, 3.63) is 12.4 Å². The molecule has 4 heteroatoms. The third-order valence-corrected chi connectivity index (χ3v) is 2.45. The van der Waals surface area contributed by atoms with Crippen LogP contribution >= 0.6 is 0 Å². The summed E-state index contributed by atoms with van der Waals surface area (Å²) in [4.78, 5) is 0. The molecule has 1 unspecified atom stereocenters. The van der Waals surface area contributed by atoms with Crippen molar-refractivity contribution in [2.24, 2.45) is 5.92 Å². The Morgan fingerprint density at radius 2 is 2.18 bits per heavy atom. The maximum atomic E-state index is 5.69. The van der Waals surface area contributed by atoms with Gasteiger partial charge in [0.2, 0.25) is 0 Å². The van der Waals surface area contributed by atoms with Gasteiger partial charge in [-0.05, 0) is 27.7 Å². The standard InChI is InChI=1S/C13H25N3O/c1-6-16-9-12(8-15-16)17-10-11(2)7-14-13(3,4)5/h8-9,11,14H,6-7,10H2,1-5H3. The Morgan fingerprint density at radius 3 is 2.71 bits per heavy atom. The van der Waals surface area contributed by atoms with E-state index in [-0.39, 0.29) is 5.54 Å². The summed E-state index contributed by atoms with van der Waals surface area (Å²) < 4.78 is 7.56. The van der Waals surface area contributed by atoms with Crippen LogP contribution in [0.25, 0.3) is 0 Å². The average molecular weight is 239 g/mol. The lowest BCUT2D eigenvalue weighted by atomic mass is 10.1. The lowest BCUT2D eigenvalue weighted by Crippen LogP contribution is -2.39. The highest BCUT2D eigenvalue weighted by molar-refractivity contribution is 5.11. The van der Waals surface area contributed by atoms with Gasteiger partial charge in [-0.2, -0.15) is 5.10 Å². The van der Waals surface area contributed by atoms with Crippen molar-refractivity contribution < 1.29 is 4.74 Å². The molecule has 0 aliphatic rings.